The molecule has 8 nitrogen and oxygen atoms in total. The van der Waals surface area contributed by atoms with Crippen molar-refractivity contribution in [1.29, 1.82) is 0 Å². The van der Waals surface area contributed by atoms with Crippen molar-refractivity contribution in [3.8, 4) is 16.9 Å². The topological polar surface area (TPSA) is 112 Å². The predicted molar refractivity (Wildman–Crippen MR) is 166 cm³/mol. The maximum atomic E-state index is 15.7. The molecule has 0 radical (unpaired) electrons. The third kappa shape index (κ3) is 7.16. The zero-order valence-corrected chi connectivity index (χ0v) is 26.1. The van der Waals surface area contributed by atoms with Crippen LogP contribution < -0.4 is 21.1 Å². The van der Waals surface area contributed by atoms with Crippen molar-refractivity contribution in [2.75, 3.05) is 18.4 Å². The Bertz CT molecular complexity index is 1490. The van der Waals surface area contributed by atoms with Gasteiger partial charge in [0.1, 0.15) is 17.2 Å². The van der Waals surface area contributed by atoms with E-state index in [0.717, 1.165) is 5.56 Å². The lowest BCUT2D eigenvalue weighted by Gasteiger charge is -2.43. The highest BCUT2D eigenvalue weighted by Crippen LogP contribution is 2.53. The molecule has 1 aliphatic heterocycles. The van der Waals surface area contributed by atoms with Crippen molar-refractivity contribution < 1.29 is 28.2 Å². The van der Waals surface area contributed by atoms with Crippen LogP contribution in [0.15, 0.2) is 60.7 Å². The van der Waals surface area contributed by atoms with E-state index >= 15 is 4.39 Å². The molecule has 0 aromatic heterocycles. The maximum Gasteiger partial charge on any atom is 0.407 e. The van der Waals surface area contributed by atoms with Gasteiger partial charge in [0, 0.05) is 52.3 Å². The number of nitrogens with one attached hydrogen (secondary N) is 2. The van der Waals surface area contributed by atoms with Gasteiger partial charge in [-0.3, -0.25) is 0 Å². The molecular formula is C33H39ClFN3O5. The minimum atomic E-state index is -1.17. The van der Waals surface area contributed by atoms with Crippen molar-refractivity contribution >= 4 is 29.5 Å². The second-order valence-corrected chi connectivity index (χ2v) is 13.0. The summed E-state index contributed by atoms with van der Waals surface area (Å²) in [6.45, 7) is 11.7. The number of fused-ring (bicyclic) bond motifs is 1. The molecule has 0 aliphatic carbocycles. The van der Waals surface area contributed by atoms with Gasteiger partial charge in [-0.1, -0.05) is 68.8 Å². The van der Waals surface area contributed by atoms with E-state index in [-0.39, 0.29) is 18.5 Å². The largest absolute Gasteiger partial charge is 0.478 e. The second-order valence-electron chi connectivity index (χ2n) is 12.6. The van der Waals surface area contributed by atoms with E-state index in [0.29, 0.717) is 34.1 Å². The number of rotatable bonds is 8. The molecule has 1 aliphatic rings. The molecule has 230 valence electrons. The van der Waals surface area contributed by atoms with Gasteiger partial charge in [-0.15, -0.1) is 0 Å². The summed E-state index contributed by atoms with van der Waals surface area (Å²) in [6, 6.07) is 17.6. The number of hydrogen-bond acceptors (Lipinski definition) is 6. The van der Waals surface area contributed by atoms with Crippen LogP contribution in [-0.4, -0.2) is 37.0 Å². The average Bonchev–Trinajstić information content (AvgIpc) is 3.30. The van der Waals surface area contributed by atoms with Gasteiger partial charge < -0.3 is 30.6 Å². The molecule has 2 atom stereocenters. The van der Waals surface area contributed by atoms with Crippen molar-refractivity contribution in [1.82, 2.24) is 5.32 Å². The molecule has 3 aromatic carbocycles. The SMILES string of the molecule is CC(C)(C)OC(=O)NCCNc1cccc(F)c1-c1c(Cl)ccc2c1CC(c1ccccc1)(C(OC(N)=O)C(C)(C)C)O2. The lowest BCUT2D eigenvalue weighted by molar-refractivity contribution is -0.100. The van der Waals surface area contributed by atoms with Crippen LogP contribution in [0, 0.1) is 11.2 Å². The molecule has 0 saturated carbocycles. The maximum absolute atomic E-state index is 15.7. The quantitative estimate of drug-likeness (QED) is 0.229. The highest BCUT2D eigenvalue weighted by atomic mass is 35.5. The number of nitrogens with two attached hydrogens (primary N) is 1. The summed E-state index contributed by atoms with van der Waals surface area (Å²) in [5.41, 5.74) is 5.82. The zero-order valence-electron chi connectivity index (χ0n) is 25.3. The van der Waals surface area contributed by atoms with Gasteiger partial charge in [-0.25, -0.2) is 14.0 Å². The Balaban J connectivity index is 1.75. The third-order valence-corrected chi connectivity index (χ3v) is 7.34. The number of ether oxygens (including phenoxy) is 3. The molecule has 4 N–H and O–H groups in total. The number of anilines is 1. The van der Waals surface area contributed by atoms with Gasteiger partial charge >= 0.3 is 12.2 Å². The molecule has 1 heterocycles. The van der Waals surface area contributed by atoms with Crippen LogP contribution in [0.2, 0.25) is 5.02 Å². The van der Waals surface area contributed by atoms with E-state index in [9.17, 15) is 9.59 Å². The number of alkyl carbamates (subject to hydrolysis) is 1. The minimum absolute atomic E-state index is 0.228. The lowest BCUT2D eigenvalue weighted by atomic mass is 9.72. The first-order valence-corrected chi connectivity index (χ1v) is 14.5. The molecular weight excluding hydrogens is 573 g/mol. The molecule has 4 rings (SSSR count). The van der Waals surface area contributed by atoms with Crippen LogP contribution in [0.25, 0.3) is 11.1 Å². The molecule has 0 spiro atoms. The Hall–Kier alpha value is -3.98. The highest BCUT2D eigenvalue weighted by molar-refractivity contribution is 6.33. The Kier molecular flexibility index (Phi) is 9.16. The number of carbonyl (C=O) groups is 2. The predicted octanol–water partition coefficient (Wildman–Crippen LogP) is 7.42. The first-order valence-electron chi connectivity index (χ1n) is 14.1. The zero-order chi connectivity index (χ0) is 31.6. The normalized spacial score (nSPS) is 16.9. The molecule has 0 saturated heterocycles. The van der Waals surface area contributed by atoms with E-state index in [1.165, 1.54) is 6.07 Å². The first-order chi connectivity index (χ1) is 20.1. The average molecular weight is 612 g/mol. The second kappa shape index (κ2) is 12.3. The van der Waals surface area contributed by atoms with Gasteiger partial charge in [0.05, 0.1) is 0 Å². The van der Waals surface area contributed by atoms with Crippen LogP contribution in [-0.2, 0) is 21.5 Å². The Morgan fingerprint density at radius 2 is 1.70 bits per heavy atom. The number of benzene rings is 3. The van der Waals surface area contributed by atoms with E-state index in [2.05, 4.69) is 10.6 Å². The lowest BCUT2D eigenvalue weighted by Crippen LogP contribution is -2.53. The molecule has 43 heavy (non-hydrogen) atoms. The number of halogens is 2. The van der Waals surface area contributed by atoms with E-state index < -0.39 is 40.7 Å². The summed E-state index contributed by atoms with van der Waals surface area (Å²) >= 11 is 6.81. The van der Waals surface area contributed by atoms with E-state index in [4.69, 9.17) is 31.5 Å². The Morgan fingerprint density at radius 3 is 2.33 bits per heavy atom. The van der Waals surface area contributed by atoms with Gasteiger partial charge in [0.15, 0.2) is 11.7 Å². The third-order valence-electron chi connectivity index (χ3n) is 7.03. The number of carbonyl (C=O) groups excluding carboxylic acids is 2. The van der Waals surface area contributed by atoms with Gasteiger partial charge in [0.2, 0.25) is 0 Å². The summed E-state index contributed by atoms with van der Waals surface area (Å²) in [5.74, 6) is 0.00439. The molecule has 2 unspecified atom stereocenters. The van der Waals surface area contributed by atoms with Crippen molar-refractivity contribution in [3.05, 3.63) is 82.6 Å². The summed E-state index contributed by atoms with van der Waals surface area (Å²) in [5, 5.41) is 6.24. The summed E-state index contributed by atoms with van der Waals surface area (Å²) in [6.07, 6.45) is -2.05. The molecule has 0 fully saturated rings. The van der Waals surface area contributed by atoms with Crippen molar-refractivity contribution in [3.63, 3.8) is 0 Å². The van der Waals surface area contributed by atoms with Crippen LogP contribution in [0.3, 0.4) is 0 Å². The summed E-state index contributed by atoms with van der Waals surface area (Å²) in [7, 11) is 0. The minimum Gasteiger partial charge on any atom is -0.478 e. The van der Waals surface area contributed by atoms with Crippen LogP contribution in [0.4, 0.5) is 19.7 Å². The van der Waals surface area contributed by atoms with Crippen LogP contribution >= 0.6 is 11.6 Å². The van der Waals surface area contributed by atoms with Gasteiger partial charge in [0.25, 0.3) is 0 Å². The molecule has 2 amide bonds. The van der Waals surface area contributed by atoms with Gasteiger partial charge in [-0.2, -0.15) is 0 Å². The molecule has 0 bridgehead atoms. The Morgan fingerprint density at radius 1 is 1.00 bits per heavy atom. The fourth-order valence-corrected chi connectivity index (χ4v) is 5.78. The summed E-state index contributed by atoms with van der Waals surface area (Å²) in [4.78, 5) is 24.2. The van der Waals surface area contributed by atoms with Crippen LogP contribution in [0.1, 0.15) is 52.7 Å². The van der Waals surface area contributed by atoms with Crippen molar-refractivity contribution in [2.45, 2.75) is 65.3 Å². The van der Waals surface area contributed by atoms with Gasteiger partial charge in [-0.05, 0) is 50.6 Å². The summed E-state index contributed by atoms with van der Waals surface area (Å²) < 4.78 is 33.5. The fraction of sp³-hybridized carbons (Fsp3) is 0.394. The Labute approximate surface area is 257 Å². The number of primary amides is 1. The number of hydrogen-bond donors (Lipinski definition) is 3. The standard InChI is InChI=1S/C33H39ClFN3O5/c1-31(2,3)28(41-29(36)39)33(20-11-8-7-9-12-20)19-21-25(42-33)16-15-22(34)26(21)27-23(35)13-10-14-24(27)37-17-18-38-30(40)43-32(4,5)6/h7-16,28,37H,17-19H2,1-6H3,(H2,36,39)(H,38,40). The number of amides is 2. The highest BCUT2D eigenvalue weighted by Gasteiger charge is 2.55. The van der Waals surface area contributed by atoms with Crippen LogP contribution in [0.5, 0.6) is 5.75 Å². The molecule has 10 heteroatoms. The fourth-order valence-electron chi connectivity index (χ4n) is 5.50. The van der Waals surface area contributed by atoms with Crippen molar-refractivity contribution in [2.24, 2.45) is 11.1 Å². The smallest absolute Gasteiger partial charge is 0.407 e. The first kappa shape index (κ1) is 31.9. The molecule has 3 aromatic rings. The van der Waals surface area contributed by atoms with E-state index in [1.807, 2.05) is 51.1 Å². The monoisotopic (exact) mass is 611 g/mol. The van der Waals surface area contributed by atoms with E-state index in [1.54, 1.807) is 45.0 Å².